The first-order valence-electron chi connectivity index (χ1n) is 12.4. The van der Waals surface area contributed by atoms with Crippen molar-refractivity contribution in [2.45, 2.75) is 32.9 Å². The van der Waals surface area contributed by atoms with Gasteiger partial charge in [0, 0.05) is 33.1 Å². The highest BCUT2D eigenvalue weighted by atomic mass is 79.9. The van der Waals surface area contributed by atoms with Crippen LogP contribution in [0.5, 0.6) is 0 Å². The lowest BCUT2D eigenvalue weighted by atomic mass is 9.96. The molecule has 2 atom stereocenters. The number of nitrogens with zero attached hydrogens (tertiary/aromatic N) is 3. The van der Waals surface area contributed by atoms with E-state index in [9.17, 15) is 0 Å². The largest absolute Gasteiger partial charge is 0.351 e. The Morgan fingerprint density at radius 3 is 2.46 bits per heavy atom. The first-order chi connectivity index (χ1) is 17.9. The van der Waals surface area contributed by atoms with Gasteiger partial charge in [0.1, 0.15) is 0 Å². The van der Waals surface area contributed by atoms with Crippen molar-refractivity contribution in [2.24, 2.45) is 0 Å². The summed E-state index contributed by atoms with van der Waals surface area (Å²) in [7, 11) is 0. The van der Waals surface area contributed by atoms with Gasteiger partial charge in [-0.15, -0.1) is 0 Å². The molecule has 1 aliphatic rings. The Balaban J connectivity index is 1.55. The monoisotopic (exact) mass is 566 g/mol. The summed E-state index contributed by atoms with van der Waals surface area (Å²) in [6.07, 6.45) is 1.85. The summed E-state index contributed by atoms with van der Waals surface area (Å²) in [6.45, 7) is 6.51. The van der Waals surface area contributed by atoms with Crippen LogP contribution in [0.2, 0.25) is 0 Å². The third kappa shape index (κ3) is 4.05. The lowest BCUT2D eigenvalue weighted by Gasteiger charge is -2.28. The highest BCUT2D eigenvalue weighted by Crippen LogP contribution is 2.44. The Morgan fingerprint density at radius 2 is 1.68 bits per heavy atom. The fourth-order valence-electron chi connectivity index (χ4n) is 5.59. The van der Waals surface area contributed by atoms with E-state index < -0.39 is 0 Å². The molecule has 1 aliphatic heterocycles. The predicted octanol–water partition coefficient (Wildman–Crippen LogP) is 7.89. The van der Waals surface area contributed by atoms with Gasteiger partial charge < -0.3 is 14.8 Å². The molecule has 4 nitrogen and oxygen atoms in total. The average molecular weight is 568 g/mol. The topological polar surface area (TPSA) is 33.1 Å². The molecule has 3 aromatic carbocycles. The second kappa shape index (κ2) is 9.43. The summed E-state index contributed by atoms with van der Waals surface area (Å²) in [5.41, 5.74) is 8.01. The number of anilines is 1. The number of fused-ring (bicyclic) bond motifs is 1. The van der Waals surface area contributed by atoms with Gasteiger partial charge in [0.05, 0.1) is 23.5 Å². The second-order valence-electron chi connectivity index (χ2n) is 9.59. The average Bonchev–Trinajstić information content (AvgIpc) is 3.40. The summed E-state index contributed by atoms with van der Waals surface area (Å²) in [4.78, 5) is 6.98. The fraction of sp³-hybridized carbons (Fsp3) is 0.161. The number of nitrogens with one attached hydrogen (secondary N) is 1. The van der Waals surface area contributed by atoms with E-state index in [4.69, 9.17) is 17.2 Å². The number of aryl methyl sites for hydroxylation is 2. The zero-order valence-corrected chi connectivity index (χ0v) is 23.3. The van der Waals surface area contributed by atoms with E-state index in [0.29, 0.717) is 5.11 Å². The minimum absolute atomic E-state index is 0.0575. The molecule has 0 saturated carbocycles. The second-order valence-corrected chi connectivity index (χ2v) is 10.8. The van der Waals surface area contributed by atoms with E-state index in [-0.39, 0.29) is 12.1 Å². The number of aromatic nitrogens is 2. The highest BCUT2D eigenvalue weighted by molar-refractivity contribution is 9.10. The Labute approximate surface area is 231 Å². The molecule has 0 amide bonds. The van der Waals surface area contributed by atoms with Crippen molar-refractivity contribution in [2.75, 3.05) is 4.90 Å². The molecule has 6 heteroatoms. The maximum atomic E-state index is 5.96. The summed E-state index contributed by atoms with van der Waals surface area (Å²) in [5.74, 6) is 0. The van der Waals surface area contributed by atoms with Crippen LogP contribution in [-0.4, -0.2) is 14.7 Å². The molecule has 0 spiro atoms. The predicted molar refractivity (Wildman–Crippen MR) is 160 cm³/mol. The zero-order valence-electron chi connectivity index (χ0n) is 20.9. The molecular weight excluding hydrogens is 540 g/mol. The third-order valence-electron chi connectivity index (χ3n) is 7.31. The molecule has 184 valence electrons. The van der Waals surface area contributed by atoms with Crippen LogP contribution in [0.25, 0.3) is 16.5 Å². The number of rotatable bonds is 4. The van der Waals surface area contributed by atoms with Crippen molar-refractivity contribution >= 4 is 49.7 Å². The van der Waals surface area contributed by atoms with Crippen LogP contribution in [-0.2, 0) is 0 Å². The maximum Gasteiger partial charge on any atom is 0.174 e. The maximum absolute atomic E-state index is 5.96. The molecule has 0 radical (unpaired) electrons. The Morgan fingerprint density at radius 1 is 0.892 bits per heavy atom. The summed E-state index contributed by atoms with van der Waals surface area (Å²) in [5, 5.41) is 6.78. The molecule has 0 unspecified atom stereocenters. The van der Waals surface area contributed by atoms with E-state index in [1.807, 2.05) is 18.3 Å². The van der Waals surface area contributed by atoms with Crippen LogP contribution >= 0.6 is 28.1 Å². The molecule has 3 heterocycles. The molecule has 37 heavy (non-hydrogen) atoms. The Kier molecular flexibility index (Phi) is 6.09. The van der Waals surface area contributed by atoms with Gasteiger partial charge >= 0.3 is 0 Å². The normalized spacial score (nSPS) is 17.4. The van der Waals surface area contributed by atoms with Crippen molar-refractivity contribution in [3.05, 3.63) is 124 Å². The van der Waals surface area contributed by atoms with E-state index in [1.165, 1.54) is 39.0 Å². The van der Waals surface area contributed by atoms with Gasteiger partial charge in [0.25, 0.3) is 0 Å². The van der Waals surface area contributed by atoms with Gasteiger partial charge in [-0.1, -0.05) is 58.4 Å². The van der Waals surface area contributed by atoms with Gasteiger partial charge in [0.15, 0.2) is 5.11 Å². The SMILES string of the molecule is Cc1cc(N2C(=S)N[C@@H](c3ccccn3)[C@H]2c2cc(C)n(-c3cccc4ccccc34)c2C)ccc1Br. The molecule has 1 saturated heterocycles. The fourth-order valence-corrected chi connectivity index (χ4v) is 6.18. The number of benzene rings is 3. The zero-order chi connectivity index (χ0) is 25.7. The third-order valence-corrected chi connectivity index (χ3v) is 8.52. The van der Waals surface area contributed by atoms with Gasteiger partial charge in [-0.25, -0.2) is 0 Å². The minimum Gasteiger partial charge on any atom is -0.351 e. The molecule has 0 bridgehead atoms. The van der Waals surface area contributed by atoms with Crippen molar-refractivity contribution in [3.8, 4) is 5.69 Å². The van der Waals surface area contributed by atoms with Crippen LogP contribution in [0, 0.1) is 20.8 Å². The molecule has 6 rings (SSSR count). The highest BCUT2D eigenvalue weighted by Gasteiger charge is 2.42. The molecule has 1 N–H and O–H groups in total. The van der Waals surface area contributed by atoms with E-state index >= 15 is 0 Å². The smallest absolute Gasteiger partial charge is 0.174 e. The standard InChI is InChI=1S/C31H27BrN4S/c1-19-17-23(14-15-26(19)32)36-30(29(34-31(36)37)27-12-6-7-16-33-27)25-18-20(2)35(21(25)3)28-13-8-10-22-9-4-5-11-24(22)28/h4-18,29-30H,1-3H3,(H,34,37)/t29-,30+/m0/s1. The van der Waals surface area contributed by atoms with Crippen molar-refractivity contribution in [3.63, 3.8) is 0 Å². The van der Waals surface area contributed by atoms with Gasteiger partial charge in [0.2, 0.25) is 0 Å². The van der Waals surface area contributed by atoms with Crippen molar-refractivity contribution in [1.82, 2.24) is 14.9 Å². The molecule has 1 fully saturated rings. The van der Waals surface area contributed by atoms with E-state index in [1.54, 1.807) is 0 Å². The van der Waals surface area contributed by atoms with Crippen molar-refractivity contribution < 1.29 is 0 Å². The van der Waals surface area contributed by atoms with Crippen LogP contribution in [0.3, 0.4) is 0 Å². The minimum atomic E-state index is -0.0841. The van der Waals surface area contributed by atoms with Crippen LogP contribution in [0.4, 0.5) is 5.69 Å². The lowest BCUT2D eigenvalue weighted by Crippen LogP contribution is -2.29. The summed E-state index contributed by atoms with van der Waals surface area (Å²) in [6, 6.07) is 29.7. The Bertz CT molecular complexity index is 1640. The van der Waals surface area contributed by atoms with E-state index in [0.717, 1.165) is 15.9 Å². The Hall–Kier alpha value is -3.48. The van der Waals surface area contributed by atoms with Crippen LogP contribution in [0.1, 0.15) is 40.3 Å². The molecule has 2 aromatic heterocycles. The van der Waals surface area contributed by atoms with Gasteiger partial charge in [-0.3, -0.25) is 4.98 Å². The number of hydrogen-bond acceptors (Lipinski definition) is 2. The van der Waals surface area contributed by atoms with Gasteiger partial charge in [-0.05, 0) is 92.0 Å². The number of halogens is 1. The van der Waals surface area contributed by atoms with Gasteiger partial charge in [-0.2, -0.15) is 0 Å². The van der Waals surface area contributed by atoms with Crippen LogP contribution in [0.15, 0.2) is 95.6 Å². The molecule has 5 aromatic rings. The lowest BCUT2D eigenvalue weighted by molar-refractivity contribution is 0.565. The van der Waals surface area contributed by atoms with Crippen LogP contribution < -0.4 is 10.2 Å². The van der Waals surface area contributed by atoms with E-state index in [2.05, 4.69) is 124 Å². The molecular formula is C31H27BrN4S. The quantitative estimate of drug-likeness (QED) is 0.224. The number of pyridine rings is 1. The van der Waals surface area contributed by atoms with Crippen molar-refractivity contribution in [1.29, 1.82) is 0 Å². The first kappa shape index (κ1) is 23.9. The first-order valence-corrected chi connectivity index (χ1v) is 13.6. The number of hydrogen-bond donors (Lipinski definition) is 1. The summed E-state index contributed by atoms with van der Waals surface area (Å²) < 4.78 is 3.46. The number of thiocarbonyl (C=S) groups is 1. The molecule has 0 aliphatic carbocycles. The summed E-state index contributed by atoms with van der Waals surface area (Å²) >= 11 is 9.61.